The van der Waals surface area contributed by atoms with Crippen molar-refractivity contribution >= 4 is 11.9 Å². The van der Waals surface area contributed by atoms with Crippen molar-refractivity contribution in [3.63, 3.8) is 0 Å². The van der Waals surface area contributed by atoms with Gasteiger partial charge in [0.15, 0.2) is 0 Å². The summed E-state index contributed by atoms with van der Waals surface area (Å²) >= 11 is 0. The number of likely N-dealkylation sites (tertiary alicyclic amines) is 1. The molecule has 0 bridgehead atoms. The third kappa shape index (κ3) is 3.51. The zero-order valence-electron chi connectivity index (χ0n) is 13.2. The number of halogens is 1. The van der Waals surface area contributed by atoms with Crippen molar-refractivity contribution in [2.75, 3.05) is 26.3 Å². The van der Waals surface area contributed by atoms with E-state index in [4.69, 9.17) is 14.6 Å². The van der Waals surface area contributed by atoms with Crippen molar-refractivity contribution in [2.45, 2.75) is 31.0 Å². The first-order valence-corrected chi connectivity index (χ1v) is 8.04. The van der Waals surface area contributed by atoms with E-state index in [0.29, 0.717) is 17.9 Å². The summed E-state index contributed by atoms with van der Waals surface area (Å²) in [6.45, 7) is 0.828. The van der Waals surface area contributed by atoms with Gasteiger partial charge in [-0.1, -0.05) is 6.07 Å². The van der Waals surface area contributed by atoms with Gasteiger partial charge < -0.3 is 19.5 Å². The van der Waals surface area contributed by atoms with Gasteiger partial charge in [-0.05, 0) is 31.0 Å². The van der Waals surface area contributed by atoms with Crippen LogP contribution in [0.5, 0.6) is 5.75 Å². The van der Waals surface area contributed by atoms with Crippen LogP contribution >= 0.6 is 0 Å². The first kappa shape index (κ1) is 16.7. The molecule has 6 nitrogen and oxygen atoms in total. The van der Waals surface area contributed by atoms with E-state index in [-0.39, 0.29) is 19.1 Å². The highest BCUT2D eigenvalue weighted by Gasteiger charge is 2.47. The Morgan fingerprint density at radius 1 is 1.46 bits per heavy atom. The fraction of sp³-hybridized carbons (Fsp3) is 0.529. The van der Waals surface area contributed by atoms with Crippen molar-refractivity contribution < 1.29 is 28.6 Å². The highest BCUT2D eigenvalue weighted by atomic mass is 19.1. The average Bonchev–Trinajstić information content (AvgIpc) is 3.23. The Hall–Kier alpha value is -2.15. The van der Waals surface area contributed by atoms with Crippen LogP contribution in [0.1, 0.15) is 29.6 Å². The van der Waals surface area contributed by atoms with E-state index in [9.17, 15) is 14.0 Å². The number of carbonyl (C=O) groups is 2. The van der Waals surface area contributed by atoms with Gasteiger partial charge in [0.1, 0.15) is 12.4 Å². The number of aliphatic carboxylic acids is 1. The maximum absolute atomic E-state index is 14.1. The van der Waals surface area contributed by atoms with Crippen molar-refractivity contribution in [3.8, 4) is 5.75 Å². The van der Waals surface area contributed by atoms with Crippen LogP contribution in [0.25, 0.3) is 0 Å². The molecule has 0 spiro atoms. The maximum atomic E-state index is 14.1. The lowest BCUT2D eigenvalue weighted by Crippen LogP contribution is -2.38. The lowest BCUT2D eigenvalue weighted by Gasteiger charge is -2.18. The molecule has 1 amide bonds. The number of ether oxygens (including phenoxy) is 2. The number of hydrogen-bond donors (Lipinski definition) is 1. The molecule has 2 fully saturated rings. The van der Waals surface area contributed by atoms with Crippen LogP contribution < -0.4 is 4.74 Å². The Bertz CT molecular complexity index is 631. The molecule has 0 saturated carbocycles. The first-order chi connectivity index (χ1) is 11.5. The van der Waals surface area contributed by atoms with Gasteiger partial charge in [-0.15, -0.1) is 0 Å². The van der Waals surface area contributed by atoms with Crippen LogP contribution in [0.2, 0.25) is 0 Å². The molecule has 7 heteroatoms. The van der Waals surface area contributed by atoms with Crippen molar-refractivity contribution in [1.29, 1.82) is 0 Å². The maximum Gasteiger partial charge on any atom is 0.343 e. The van der Waals surface area contributed by atoms with E-state index in [1.807, 2.05) is 0 Å². The minimum atomic E-state index is -2.36. The molecule has 3 rings (SSSR count). The van der Waals surface area contributed by atoms with Gasteiger partial charge in [0.2, 0.25) is 5.67 Å². The summed E-state index contributed by atoms with van der Waals surface area (Å²) in [4.78, 5) is 24.6. The fourth-order valence-corrected chi connectivity index (χ4v) is 2.99. The molecule has 1 aromatic rings. The van der Waals surface area contributed by atoms with Gasteiger partial charge in [0.05, 0.1) is 12.6 Å². The summed E-state index contributed by atoms with van der Waals surface area (Å²) in [7, 11) is 0. The van der Waals surface area contributed by atoms with E-state index in [1.54, 1.807) is 24.3 Å². The number of amides is 1. The van der Waals surface area contributed by atoms with Gasteiger partial charge in [-0.25, -0.2) is 9.18 Å². The number of alkyl halides is 1. The Morgan fingerprint density at radius 3 is 2.96 bits per heavy atom. The number of rotatable bonds is 5. The quantitative estimate of drug-likeness (QED) is 0.888. The second-order valence-electron chi connectivity index (χ2n) is 6.22. The molecular formula is C17H20FNO5. The van der Waals surface area contributed by atoms with Crippen molar-refractivity contribution in [1.82, 2.24) is 4.90 Å². The molecule has 24 heavy (non-hydrogen) atoms. The molecular weight excluding hydrogens is 317 g/mol. The largest absolute Gasteiger partial charge is 0.491 e. The van der Waals surface area contributed by atoms with Gasteiger partial charge >= 0.3 is 5.97 Å². The van der Waals surface area contributed by atoms with E-state index in [0.717, 1.165) is 19.4 Å². The van der Waals surface area contributed by atoms with Crippen LogP contribution in [-0.4, -0.2) is 60.0 Å². The molecule has 2 heterocycles. The summed E-state index contributed by atoms with van der Waals surface area (Å²) in [5.74, 6) is -1.37. The van der Waals surface area contributed by atoms with E-state index in [2.05, 4.69) is 0 Å². The fourth-order valence-electron chi connectivity index (χ4n) is 2.99. The molecule has 2 atom stereocenters. The minimum absolute atomic E-state index is 0.0747. The monoisotopic (exact) mass is 337 g/mol. The standard InChI is InChI=1S/C17H20FNO5/c18-17(16(21)22)6-7-19(11-17)15(20)12-3-1-4-13(9-12)24-10-14-5-2-8-23-14/h1,3-4,9,14H,2,5-8,10-11H2,(H,21,22). The number of nitrogens with zero attached hydrogens (tertiary/aromatic N) is 1. The Labute approximate surface area is 139 Å². The highest BCUT2D eigenvalue weighted by Crippen LogP contribution is 2.27. The average molecular weight is 337 g/mol. The zero-order chi connectivity index (χ0) is 17.2. The molecule has 0 aliphatic carbocycles. The summed E-state index contributed by atoms with van der Waals surface area (Å²) in [5, 5.41) is 8.92. The lowest BCUT2D eigenvalue weighted by molar-refractivity contribution is -0.149. The number of benzene rings is 1. The second kappa shape index (κ2) is 6.76. The van der Waals surface area contributed by atoms with Crippen LogP contribution in [0.3, 0.4) is 0 Å². The van der Waals surface area contributed by atoms with E-state index in [1.165, 1.54) is 4.90 Å². The second-order valence-corrected chi connectivity index (χ2v) is 6.22. The Kier molecular flexibility index (Phi) is 4.71. The molecule has 1 aromatic carbocycles. The minimum Gasteiger partial charge on any atom is -0.491 e. The van der Waals surface area contributed by atoms with E-state index >= 15 is 0 Å². The lowest BCUT2D eigenvalue weighted by atomic mass is 10.1. The predicted molar refractivity (Wildman–Crippen MR) is 82.9 cm³/mol. The highest BCUT2D eigenvalue weighted by molar-refractivity contribution is 5.95. The normalized spacial score (nSPS) is 26.5. The molecule has 0 aromatic heterocycles. The summed E-state index contributed by atoms with van der Waals surface area (Å²) in [6.07, 6.45) is 1.87. The number of carboxylic acids is 1. The third-order valence-corrected chi connectivity index (χ3v) is 4.43. The Morgan fingerprint density at radius 2 is 2.29 bits per heavy atom. The molecule has 2 aliphatic heterocycles. The number of hydrogen-bond acceptors (Lipinski definition) is 4. The smallest absolute Gasteiger partial charge is 0.343 e. The van der Waals surface area contributed by atoms with Crippen LogP contribution in [-0.2, 0) is 9.53 Å². The van der Waals surface area contributed by atoms with Gasteiger partial charge in [-0.2, -0.15) is 0 Å². The molecule has 0 radical (unpaired) electrons. The Balaban J connectivity index is 1.63. The number of carbonyl (C=O) groups excluding carboxylic acids is 1. The van der Waals surface area contributed by atoms with Crippen LogP contribution in [0, 0.1) is 0 Å². The molecule has 2 aliphatic rings. The summed E-state index contributed by atoms with van der Waals surface area (Å²) in [5.41, 5.74) is -2.00. The van der Waals surface area contributed by atoms with Gasteiger partial charge in [0.25, 0.3) is 5.91 Å². The molecule has 1 N–H and O–H groups in total. The van der Waals surface area contributed by atoms with Gasteiger partial charge in [-0.3, -0.25) is 4.79 Å². The SMILES string of the molecule is O=C(c1cccc(OCC2CCCO2)c1)N1CCC(F)(C(=O)O)C1. The molecule has 130 valence electrons. The predicted octanol–water partition coefficient (Wildman–Crippen LogP) is 1.88. The molecule has 2 unspecified atom stereocenters. The summed E-state index contributed by atoms with van der Waals surface area (Å²) < 4.78 is 25.2. The van der Waals surface area contributed by atoms with Crippen molar-refractivity contribution in [3.05, 3.63) is 29.8 Å². The topological polar surface area (TPSA) is 76.1 Å². The van der Waals surface area contributed by atoms with Crippen molar-refractivity contribution in [2.24, 2.45) is 0 Å². The first-order valence-electron chi connectivity index (χ1n) is 8.04. The van der Waals surface area contributed by atoms with Crippen LogP contribution in [0.4, 0.5) is 4.39 Å². The van der Waals surface area contributed by atoms with E-state index < -0.39 is 24.1 Å². The van der Waals surface area contributed by atoms with Crippen LogP contribution in [0.15, 0.2) is 24.3 Å². The molecule has 2 saturated heterocycles. The number of carboxylic acid groups (broad SMARTS) is 1. The summed E-state index contributed by atoms with van der Waals surface area (Å²) in [6, 6.07) is 6.64. The third-order valence-electron chi connectivity index (χ3n) is 4.43. The zero-order valence-corrected chi connectivity index (χ0v) is 13.2. The van der Waals surface area contributed by atoms with Gasteiger partial charge in [0, 0.05) is 25.1 Å².